The fraction of sp³-hybridized carbons (Fsp3) is 1.00. The zero-order valence-electron chi connectivity index (χ0n) is 11.4. The second-order valence-electron chi connectivity index (χ2n) is 5.85. The van der Waals surface area contributed by atoms with Gasteiger partial charge in [-0.1, -0.05) is 26.2 Å². The van der Waals surface area contributed by atoms with E-state index < -0.39 is 0 Å². The number of nitrogens with one attached hydrogen (secondary N) is 1. The van der Waals surface area contributed by atoms with Gasteiger partial charge in [0.05, 0.1) is 0 Å². The highest BCUT2D eigenvalue weighted by Gasteiger charge is 2.26. The summed E-state index contributed by atoms with van der Waals surface area (Å²) in [6.07, 6.45) is 11.8. The molecule has 1 atom stereocenters. The first kappa shape index (κ1) is 13.7. The lowest BCUT2D eigenvalue weighted by Crippen LogP contribution is -2.39. The van der Waals surface area contributed by atoms with Crippen molar-refractivity contribution in [3.05, 3.63) is 0 Å². The standard InChI is InChI=1S/C15H29NS/c1-2-16-15(14-6-4-3-5-7-14)12-13-8-10-17-11-9-13/h13-16H,2-12H2,1H3. The van der Waals surface area contributed by atoms with Gasteiger partial charge in [0, 0.05) is 6.04 Å². The van der Waals surface area contributed by atoms with Crippen LogP contribution in [0.4, 0.5) is 0 Å². The third-order valence-corrected chi connectivity index (χ3v) is 5.66. The van der Waals surface area contributed by atoms with E-state index in [0.717, 1.165) is 24.4 Å². The highest BCUT2D eigenvalue weighted by Crippen LogP contribution is 2.33. The van der Waals surface area contributed by atoms with Crippen LogP contribution in [0.25, 0.3) is 0 Å². The molecule has 0 spiro atoms. The van der Waals surface area contributed by atoms with E-state index in [9.17, 15) is 0 Å². The summed E-state index contributed by atoms with van der Waals surface area (Å²) in [6, 6.07) is 0.827. The van der Waals surface area contributed by atoms with Crippen LogP contribution < -0.4 is 5.32 Å². The van der Waals surface area contributed by atoms with Crippen molar-refractivity contribution in [1.29, 1.82) is 0 Å². The SMILES string of the molecule is CCNC(CC1CCSCC1)C1CCCCC1. The Bertz CT molecular complexity index is 195. The number of hydrogen-bond acceptors (Lipinski definition) is 2. The van der Waals surface area contributed by atoms with E-state index in [2.05, 4.69) is 24.0 Å². The highest BCUT2D eigenvalue weighted by molar-refractivity contribution is 7.99. The molecule has 0 bridgehead atoms. The topological polar surface area (TPSA) is 12.0 Å². The fourth-order valence-corrected chi connectivity index (χ4v) is 4.79. The van der Waals surface area contributed by atoms with Gasteiger partial charge < -0.3 is 5.32 Å². The summed E-state index contributed by atoms with van der Waals surface area (Å²) in [4.78, 5) is 0. The molecule has 1 saturated heterocycles. The molecule has 0 amide bonds. The summed E-state index contributed by atoms with van der Waals surface area (Å²) in [7, 11) is 0. The number of thioether (sulfide) groups is 1. The zero-order valence-corrected chi connectivity index (χ0v) is 12.2. The maximum atomic E-state index is 3.79. The summed E-state index contributed by atoms with van der Waals surface area (Å²) in [6.45, 7) is 3.43. The number of rotatable bonds is 5. The smallest absolute Gasteiger partial charge is 0.00978 e. The molecule has 2 aliphatic rings. The van der Waals surface area contributed by atoms with Crippen molar-refractivity contribution in [1.82, 2.24) is 5.32 Å². The Morgan fingerprint density at radius 2 is 1.76 bits per heavy atom. The molecule has 17 heavy (non-hydrogen) atoms. The molecule has 1 nitrogen and oxygen atoms in total. The van der Waals surface area contributed by atoms with Crippen LogP contribution in [-0.2, 0) is 0 Å². The van der Waals surface area contributed by atoms with Crippen LogP contribution in [0, 0.1) is 11.8 Å². The van der Waals surface area contributed by atoms with Crippen LogP contribution in [0.15, 0.2) is 0 Å². The minimum atomic E-state index is 0.827. The van der Waals surface area contributed by atoms with Crippen molar-refractivity contribution in [3.8, 4) is 0 Å². The molecule has 2 rings (SSSR count). The molecular formula is C15H29NS. The Kier molecular flexibility index (Phi) is 6.21. The van der Waals surface area contributed by atoms with Crippen molar-refractivity contribution >= 4 is 11.8 Å². The summed E-state index contributed by atoms with van der Waals surface area (Å²) < 4.78 is 0. The molecule has 1 aliphatic carbocycles. The molecule has 0 aromatic carbocycles. The molecular weight excluding hydrogens is 226 g/mol. The second kappa shape index (κ2) is 7.68. The molecule has 2 fully saturated rings. The molecule has 1 saturated carbocycles. The van der Waals surface area contributed by atoms with E-state index in [1.54, 1.807) is 0 Å². The second-order valence-corrected chi connectivity index (χ2v) is 7.08. The van der Waals surface area contributed by atoms with Crippen LogP contribution in [-0.4, -0.2) is 24.1 Å². The number of hydrogen-bond donors (Lipinski definition) is 1. The largest absolute Gasteiger partial charge is 0.314 e. The van der Waals surface area contributed by atoms with Crippen molar-refractivity contribution in [3.63, 3.8) is 0 Å². The van der Waals surface area contributed by atoms with Gasteiger partial charge >= 0.3 is 0 Å². The van der Waals surface area contributed by atoms with E-state index in [0.29, 0.717) is 0 Å². The average Bonchev–Trinajstić information content (AvgIpc) is 2.40. The van der Waals surface area contributed by atoms with Gasteiger partial charge in [-0.05, 0) is 62.0 Å². The summed E-state index contributed by atoms with van der Waals surface area (Å²) in [5, 5.41) is 3.79. The molecule has 1 N–H and O–H groups in total. The van der Waals surface area contributed by atoms with E-state index in [4.69, 9.17) is 0 Å². The van der Waals surface area contributed by atoms with Crippen molar-refractivity contribution < 1.29 is 0 Å². The van der Waals surface area contributed by atoms with Crippen LogP contribution in [0.2, 0.25) is 0 Å². The summed E-state index contributed by atoms with van der Waals surface area (Å²) in [5.74, 6) is 4.82. The van der Waals surface area contributed by atoms with E-state index in [-0.39, 0.29) is 0 Å². The van der Waals surface area contributed by atoms with Gasteiger partial charge in [-0.25, -0.2) is 0 Å². The van der Waals surface area contributed by atoms with Crippen molar-refractivity contribution in [2.75, 3.05) is 18.1 Å². The zero-order chi connectivity index (χ0) is 11.9. The molecule has 1 aliphatic heterocycles. The quantitative estimate of drug-likeness (QED) is 0.794. The molecule has 0 radical (unpaired) electrons. The van der Waals surface area contributed by atoms with Gasteiger partial charge in [-0.2, -0.15) is 11.8 Å². The van der Waals surface area contributed by atoms with Crippen LogP contribution in [0.1, 0.15) is 58.3 Å². The van der Waals surface area contributed by atoms with Gasteiger partial charge in [-0.15, -0.1) is 0 Å². The third kappa shape index (κ3) is 4.48. The third-order valence-electron chi connectivity index (χ3n) is 4.61. The van der Waals surface area contributed by atoms with E-state index in [1.807, 2.05) is 0 Å². The van der Waals surface area contributed by atoms with Gasteiger partial charge in [0.15, 0.2) is 0 Å². The Morgan fingerprint density at radius 1 is 1.06 bits per heavy atom. The fourth-order valence-electron chi connectivity index (χ4n) is 3.58. The maximum Gasteiger partial charge on any atom is 0.00978 e. The molecule has 0 aromatic rings. The van der Waals surface area contributed by atoms with Gasteiger partial charge in [0.1, 0.15) is 0 Å². The summed E-state index contributed by atoms with van der Waals surface area (Å²) in [5.41, 5.74) is 0. The minimum absolute atomic E-state index is 0.827. The normalized spacial score (nSPS) is 25.9. The first-order valence-corrected chi connectivity index (χ1v) is 8.86. The first-order valence-electron chi connectivity index (χ1n) is 7.71. The van der Waals surface area contributed by atoms with Crippen molar-refractivity contribution in [2.24, 2.45) is 11.8 Å². The van der Waals surface area contributed by atoms with Crippen LogP contribution in [0.5, 0.6) is 0 Å². The Morgan fingerprint density at radius 3 is 2.41 bits per heavy atom. The molecule has 2 heteroatoms. The summed E-state index contributed by atoms with van der Waals surface area (Å²) >= 11 is 2.15. The molecule has 1 heterocycles. The Labute approximate surface area is 112 Å². The predicted molar refractivity (Wildman–Crippen MR) is 78.7 cm³/mol. The monoisotopic (exact) mass is 255 g/mol. The predicted octanol–water partition coefficient (Wildman–Crippen LogP) is 4.08. The average molecular weight is 255 g/mol. The Hall–Kier alpha value is 0.310. The lowest BCUT2D eigenvalue weighted by atomic mass is 9.79. The van der Waals surface area contributed by atoms with E-state index >= 15 is 0 Å². The maximum absolute atomic E-state index is 3.79. The van der Waals surface area contributed by atoms with Crippen molar-refractivity contribution in [2.45, 2.75) is 64.3 Å². The lowest BCUT2D eigenvalue weighted by molar-refractivity contribution is 0.231. The van der Waals surface area contributed by atoms with Gasteiger partial charge in [0.25, 0.3) is 0 Å². The van der Waals surface area contributed by atoms with Gasteiger partial charge in [-0.3, -0.25) is 0 Å². The van der Waals surface area contributed by atoms with Crippen LogP contribution in [0.3, 0.4) is 0 Å². The lowest BCUT2D eigenvalue weighted by Gasteiger charge is -2.34. The van der Waals surface area contributed by atoms with Crippen LogP contribution >= 0.6 is 11.8 Å². The highest BCUT2D eigenvalue weighted by atomic mass is 32.2. The van der Waals surface area contributed by atoms with E-state index in [1.165, 1.54) is 62.9 Å². The minimum Gasteiger partial charge on any atom is -0.314 e. The molecule has 0 aromatic heterocycles. The first-order chi connectivity index (χ1) is 8.40. The molecule has 100 valence electrons. The Balaban J connectivity index is 1.81. The molecule has 1 unspecified atom stereocenters. The van der Waals surface area contributed by atoms with Gasteiger partial charge in [0.2, 0.25) is 0 Å².